The summed E-state index contributed by atoms with van der Waals surface area (Å²) in [6.45, 7) is 3.15. The van der Waals surface area contributed by atoms with E-state index in [1.54, 1.807) is 0 Å². The number of para-hydroxylation sites is 1. The van der Waals surface area contributed by atoms with Gasteiger partial charge < -0.3 is 14.5 Å². The molecule has 1 aliphatic rings. The van der Waals surface area contributed by atoms with E-state index < -0.39 is 0 Å². The largest absolute Gasteiger partial charge is 0.486 e. The summed E-state index contributed by atoms with van der Waals surface area (Å²) in [6.07, 6.45) is 1.81. The molecule has 0 saturated heterocycles. The Hall–Kier alpha value is -2.56. The molecule has 1 aromatic carbocycles. The van der Waals surface area contributed by atoms with Crippen LogP contribution in [-0.4, -0.2) is 28.2 Å². The van der Waals surface area contributed by atoms with E-state index in [9.17, 15) is 0 Å². The molecule has 3 heterocycles. The summed E-state index contributed by atoms with van der Waals surface area (Å²) in [4.78, 5) is 12.1. The van der Waals surface area contributed by atoms with E-state index in [0.29, 0.717) is 18.9 Å². The lowest BCUT2D eigenvalue weighted by Crippen LogP contribution is -2.15. The highest BCUT2D eigenvalue weighted by atomic mass is 16.6. The van der Waals surface area contributed by atoms with Crippen molar-refractivity contribution >= 4 is 11.2 Å². The number of hydrogen-bond donors (Lipinski definition) is 1. The maximum Gasteiger partial charge on any atom is 0.178 e. The normalized spacial score (nSPS) is 13.7. The zero-order valence-electron chi connectivity index (χ0n) is 11.0. The summed E-state index contributed by atoms with van der Waals surface area (Å²) in [5.41, 5.74) is 3.63. The molecule has 3 aromatic rings. The van der Waals surface area contributed by atoms with E-state index >= 15 is 0 Å². The maximum atomic E-state index is 5.72. The predicted molar refractivity (Wildman–Crippen MR) is 75.1 cm³/mol. The molecule has 5 heteroatoms. The van der Waals surface area contributed by atoms with Gasteiger partial charge in [-0.2, -0.15) is 0 Å². The Balaban J connectivity index is 1.90. The topological polar surface area (TPSA) is 60.0 Å². The van der Waals surface area contributed by atoms with Gasteiger partial charge in [0.1, 0.15) is 19.0 Å². The molecular formula is C15H13N3O2. The number of fused-ring (bicyclic) bond motifs is 2. The van der Waals surface area contributed by atoms with Crippen LogP contribution in [0, 0.1) is 6.92 Å². The van der Waals surface area contributed by atoms with Crippen molar-refractivity contribution in [1.82, 2.24) is 15.0 Å². The zero-order chi connectivity index (χ0) is 13.5. The van der Waals surface area contributed by atoms with Gasteiger partial charge in [0, 0.05) is 6.20 Å². The van der Waals surface area contributed by atoms with Crippen molar-refractivity contribution in [3.63, 3.8) is 0 Å². The standard InChI is InChI=1S/C15H13N3O2/c1-9-7-11-15(16-8-9)18-14(17-11)10-3-2-4-12-13(10)20-6-5-19-12/h2-4,7-8H,5-6H2,1H3,(H,16,17,18). The minimum atomic E-state index is 0.557. The number of H-pyrrole nitrogens is 1. The SMILES string of the molecule is Cc1cnc2nc(-c3cccc4c3OCCO4)[nH]c2c1. The van der Waals surface area contributed by atoms with Gasteiger partial charge in [0.05, 0.1) is 11.1 Å². The fourth-order valence-electron chi connectivity index (χ4n) is 2.39. The lowest BCUT2D eigenvalue weighted by Gasteiger charge is -2.20. The number of pyridine rings is 1. The number of hydrogen-bond acceptors (Lipinski definition) is 4. The van der Waals surface area contributed by atoms with Crippen molar-refractivity contribution in [2.45, 2.75) is 6.92 Å². The third kappa shape index (κ3) is 1.71. The number of nitrogens with one attached hydrogen (secondary N) is 1. The van der Waals surface area contributed by atoms with Crippen molar-refractivity contribution in [3.05, 3.63) is 36.0 Å². The number of rotatable bonds is 1. The summed E-state index contributed by atoms with van der Waals surface area (Å²) < 4.78 is 11.3. The van der Waals surface area contributed by atoms with Gasteiger partial charge in [-0.25, -0.2) is 9.97 Å². The molecule has 0 amide bonds. The average Bonchev–Trinajstić information content (AvgIpc) is 2.89. The fourth-order valence-corrected chi connectivity index (χ4v) is 2.39. The first-order valence-electron chi connectivity index (χ1n) is 6.52. The highest BCUT2D eigenvalue weighted by Crippen LogP contribution is 2.39. The Morgan fingerprint density at radius 2 is 2.10 bits per heavy atom. The van der Waals surface area contributed by atoms with Crippen LogP contribution in [0.4, 0.5) is 0 Å². The second kappa shape index (κ2) is 4.23. The second-order valence-electron chi connectivity index (χ2n) is 4.80. The molecular weight excluding hydrogens is 254 g/mol. The van der Waals surface area contributed by atoms with Gasteiger partial charge in [0.2, 0.25) is 0 Å². The van der Waals surface area contributed by atoms with Crippen molar-refractivity contribution < 1.29 is 9.47 Å². The number of aromatic nitrogens is 3. The number of imidazole rings is 1. The highest BCUT2D eigenvalue weighted by Gasteiger charge is 2.19. The molecule has 5 nitrogen and oxygen atoms in total. The first kappa shape index (κ1) is 11.3. The lowest BCUT2D eigenvalue weighted by atomic mass is 10.1. The minimum Gasteiger partial charge on any atom is -0.486 e. The molecule has 4 rings (SSSR count). The summed E-state index contributed by atoms with van der Waals surface area (Å²) in [7, 11) is 0. The lowest BCUT2D eigenvalue weighted by molar-refractivity contribution is 0.172. The molecule has 0 unspecified atom stereocenters. The van der Waals surface area contributed by atoms with Crippen molar-refractivity contribution in [1.29, 1.82) is 0 Å². The number of aryl methyl sites for hydroxylation is 1. The molecule has 2 aromatic heterocycles. The Bertz CT molecular complexity index is 795. The van der Waals surface area contributed by atoms with E-state index in [4.69, 9.17) is 9.47 Å². The van der Waals surface area contributed by atoms with Crippen LogP contribution in [0.15, 0.2) is 30.5 Å². The van der Waals surface area contributed by atoms with E-state index in [2.05, 4.69) is 15.0 Å². The number of ether oxygens (including phenoxy) is 2. The Morgan fingerprint density at radius 1 is 1.20 bits per heavy atom. The summed E-state index contributed by atoms with van der Waals surface area (Å²) >= 11 is 0. The van der Waals surface area contributed by atoms with Crippen molar-refractivity contribution in [2.75, 3.05) is 13.2 Å². The van der Waals surface area contributed by atoms with Gasteiger partial charge in [-0.05, 0) is 30.7 Å². The molecule has 0 radical (unpaired) electrons. The molecule has 0 spiro atoms. The molecule has 1 aliphatic heterocycles. The molecule has 1 N–H and O–H groups in total. The Kier molecular flexibility index (Phi) is 2.39. The van der Waals surface area contributed by atoms with Gasteiger partial charge in [-0.1, -0.05) is 6.07 Å². The summed E-state index contributed by atoms with van der Waals surface area (Å²) in [5, 5.41) is 0. The minimum absolute atomic E-state index is 0.557. The third-order valence-corrected chi connectivity index (χ3v) is 3.30. The van der Waals surface area contributed by atoms with Crippen LogP contribution in [0.5, 0.6) is 11.5 Å². The fraction of sp³-hybridized carbons (Fsp3) is 0.200. The molecule has 0 atom stereocenters. The highest BCUT2D eigenvalue weighted by molar-refractivity contribution is 5.79. The average molecular weight is 267 g/mol. The molecule has 20 heavy (non-hydrogen) atoms. The van der Waals surface area contributed by atoms with Crippen LogP contribution in [0.25, 0.3) is 22.6 Å². The van der Waals surface area contributed by atoms with Gasteiger partial charge >= 0.3 is 0 Å². The van der Waals surface area contributed by atoms with Crippen LogP contribution >= 0.6 is 0 Å². The summed E-state index contributed by atoms with van der Waals surface area (Å²) in [6, 6.07) is 7.85. The van der Waals surface area contributed by atoms with Gasteiger partial charge in [-0.3, -0.25) is 0 Å². The molecule has 0 bridgehead atoms. The maximum absolute atomic E-state index is 5.72. The predicted octanol–water partition coefficient (Wildman–Crippen LogP) is 2.70. The molecule has 100 valence electrons. The Labute approximate surface area is 115 Å². The first-order valence-corrected chi connectivity index (χ1v) is 6.52. The van der Waals surface area contributed by atoms with Crippen molar-refractivity contribution in [2.24, 2.45) is 0 Å². The quantitative estimate of drug-likeness (QED) is 0.736. The third-order valence-electron chi connectivity index (χ3n) is 3.30. The molecule has 0 fully saturated rings. The Morgan fingerprint density at radius 3 is 3.05 bits per heavy atom. The number of nitrogens with zero attached hydrogens (tertiary/aromatic N) is 2. The van der Waals surface area contributed by atoms with Crippen LogP contribution < -0.4 is 9.47 Å². The summed E-state index contributed by atoms with van der Waals surface area (Å²) in [5.74, 6) is 2.26. The van der Waals surface area contributed by atoms with Crippen LogP contribution in [0.3, 0.4) is 0 Å². The number of aromatic amines is 1. The van der Waals surface area contributed by atoms with Gasteiger partial charge in [0.15, 0.2) is 17.1 Å². The van der Waals surface area contributed by atoms with Crippen LogP contribution in [0.2, 0.25) is 0 Å². The molecule has 0 saturated carbocycles. The van der Waals surface area contributed by atoms with Crippen molar-refractivity contribution in [3.8, 4) is 22.9 Å². The van der Waals surface area contributed by atoms with E-state index in [-0.39, 0.29) is 0 Å². The monoisotopic (exact) mass is 267 g/mol. The van der Waals surface area contributed by atoms with Gasteiger partial charge in [0.25, 0.3) is 0 Å². The second-order valence-corrected chi connectivity index (χ2v) is 4.80. The first-order chi connectivity index (χ1) is 9.81. The van der Waals surface area contributed by atoms with Gasteiger partial charge in [-0.15, -0.1) is 0 Å². The smallest absolute Gasteiger partial charge is 0.178 e. The van der Waals surface area contributed by atoms with Crippen LogP contribution in [-0.2, 0) is 0 Å². The van der Waals surface area contributed by atoms with Crippen LogP contribution in [0.1, 0.15) is 5.56 Å². The molecule has 0 aliphatic carbocycles. The van der Waals surface area contributed by atoms with E-state index in [1.165, 1.54) is 0 Å². The van der Waals surface area contributed by atoms with E-state index in [1.807, 2.05) is 37.4 Å². The zero-order valence-corrected chi connectivity index (χ0v) is 11.0. The van der Waals surface area contributed by atoms with E-state index in [0.717, 1.165) is 34.0 Å². The number of benzene rings is 1.